The summed E-state index contributed by atoms with van der Waals surface area (Å²) in [7, 11) is 4.36. The lowest BCUT2D eigenvalue weighted by Gasteiger charge is -2.32. The fourth-order valence-electron chi connectivity index (χ4n) is 10.8. The Morgan fingerprint density at radius 2 is 0.732 bits per heavy atom. The first-order chi connectivity index (χ1) is 46.5. The lowest BCUT2D eigenvalue weighted by molar-refractivity contribution is 0.00578. The number of benzene rings is 6. The number of methoxy groups -OCH3 is 3. The largest absolute Gasteiger partial charge is 0.497 e. The molecular formula is C75H72BBrF3N9O8. The molecule has 1 fully saturated rings. The monoisotopic (exact) mass is 1370 g/mol. The second-order valence-electron chi connectivity index (χ2n) is 23.7. The molecule has 0 spiro atoms. The van der Waals surface area contributed by atoms with Gasteiger partial charge >= 0.3 is 24.2 Å². The molecular weight excluding hydrogens is 1300 g/mol. The lowest BCUT2D eigenvalue weighted by Crippen LogP contribution is -2.41. The number of pyridine rings is 3. The lowest BCUT2D eigenvalue weighted by atomic mass is 9.80. The van der Waals surface area contributed by atoms with Crippen LogP contribution < -0.4 is 36.7 Å². The van der Waals surface area contributed by atoms with Gasteiger partial charge in [-0.25, -0.2) is 29.3 Å². The molecule has 6 aromatic carbocycles. The summed E-state index contributed by atoms with van der Waals surface area (Å²) in [5.41, 5.74) is 8.01. The fraction of sp³-hybridized carbons (Fsp3) is 0.200. The Bertz CT molecular complexity index is 4630. The van der Waals surface area contributed by atoms with Crippen molar-refractivity contribution >= 4 is 28.5 Å². The molecule has 0 radical (unpaired) electrons. The molecule has 1 aliphatic rings. The number of imidazole rings is 3. The Morgan fingerprint density at radius 1 is 0.412 bits per heavy atom. The average molecular weight is 1380 g/mol. The third kappa shape index (κ3) is 16.2. The highest BCUT2D eigenvalue weighted by Crippen LogP contribution is 2.37. The van der Waals surface area contributed by atoms with E-state index in [4.69, 9.17) is 23.5 Å². The van der Waals surface area contributed by atoms with Crippen LogP contribution in [0.3, 0.4) is 0 Å². The molecule has 0 N–H and O–H groups in total. The van der Waals surface area contributed by atoms with Gasteiger partial charge in [0.2, 0.25) is 17.8 Å². The van der Waals surface area contributed by atoms with Crippen molar-refractivity contribution in [2.24, 2.45) is 0 Å². The van der Waals surface area contributed by atoms with Crippen LogP contribution in [0.25, 0.3) is 39.3 Å². The van der Waals surface area contributed by atoms with Gasteiger partial charge in [0.05, 0.1) is 67.7 Å². The molecule has 22 heteroatoms. The second-order valence-corrected chi connectivity index (χ2v) is 24.7. The van der Waals surface area contributed by atoms with Crippen molar-refractivity contribution in [2.45, 2.75) is 77.8 Å². The highest BCUT2D eigenvalue weighted by molar-refractivity contribution is 9.10. The fourth-order valence-corrected chi connectivity index (χ4v) is 11.0. The maximum absolute atomic E-state index is 13.3. The molecule has 7 heterocycles. The van der Waals surface area contributed by atoms with E-state index in [0.717, 1.165) is 77.7 Å². The summed E-state index contributed by atoms with van der Waals surface area (Å²) in [6.07, 6.45) is 14.9. The van der Waals surface area contributed by atoms with Crippen LogP contribution in [0.5, 0.6) is 17.2 Å². The highest BCUT2D eigenvalue weighted by Gasteiger charge is 2.51. The van der Waals surface area contributed by atoms with E-state index in [1.807, 2.05) is 200 Å². The van der Waals surface area contributed by atoms with Crippen LogP contribution in [0.15, 0.2) is 257 Å². The van der Waals surface area contributed by atoms with E-state index in [1.165, 1.54) is 36.8 Å². The zero-order valence-corrected chi connectivity index (χ0v) is 56.7. The number of halogens is 4. The Kier molecular flexibility index (Phi) is 21.8. The molecule has 496 valence electrons. The quantitative estimate of drug-likeness (QED) is 0.0708. The number of nitrogens with zero attached hydrogens (tertiary/aromatic N) is 9. The van der Waals surface area contributed by atoms with E-state index in [9.17, 15) is 27.6 Å². The summed E-state index contributed by atoms with van der Waals surface area (Å²) >= 11 is 3.40. The molecule has 0 bridgehead atoms. The molecule has 1 aliphatic heterocycles. The first-order valence-corrected chi connectivity index (χ1v) is 31.8. The van der Waals surface area contributed by atoms with Gasteiger partial charge in [-0.2, -0.15) is 13.2 Å². The summed E-state index contributed by atoms with van der Waals surface area (Å²) in [6.45, 7) is 13.8. The molecule has 3 unspecified atom stereocenters. The van der Waals surface area contributed by atoms with E-state index in [1.54, 1.807) is 97.9 Å². The Morgan fingerprint density at radius 3 is 1.05 bits per heavy atom. The van der Waals surface area contributed by atoms with Gasteiger partial charge in [0, 0.05) is 72.4 Å². The molecule has 6 aromatic heterocycles. The molecule has 0 saturated carbocycles. The summed E-state index contributed by atoms with van der Waals surface area (Å²) < 4.78 is 78.0. The standard InChI is InChI=1S/2C23H20FN3O2.C18H17BrN2O2.C11H15BFNO2/c2*1-16(18-4-3-5-21(14-18)29-2)26-12-13-27(23(26)28)20-8-6-17(7-9-20)19-10-11-25-22(24)15-19;1-13(14-4-3-5-17(12-14)23-2)20-10-11-21(18(20)22)16-8-6-15(19)7-9-16;1-10(2)11(3,4)16-12(15-10)8-5-6-14-9(13)7-8/h2*3-16H,1-2H3;3-13H,1-2H3;5-7H,1-4H3. The van der Waals surface area contributed by atoms with Gasteiger partial charge in [0.25, 0.3) is 0 Å². The summed E-state index contributed by atoms with van der Waals surface area (Å²) in [6, 6.07) is 54.6. The van der Waals surface area contributed by atoms with Crippen LogP contribution in [0.4, 0.5) is 13.2 Å². The van der Waals surface area contributed by atoms with Crippen LogP contribution in [0, 0.1) is 17.8 Å². The van der Waals surface area contributed by atoms with Crippen LogP contribution >= 0.6 is 15.9 Å². The van der Waals surface area contributed by atoms with Gasteiger partial charge in [-0.05, 0) is 202 Å². The van der Waals surface area contributed by atoms with Crippen molar-refractivity contribution in [3.63, 3.8) is 0 Å². The van der Waals surface area contributed by atoms with Gasteiger partial charge in [-0.15, -0.1) is 0 Å². The predicted molar refractivity (Wildman–Crippen MR) is 374 cm³/mol. The van der Waals surface area contributed by atoms with Crippen molar-refractivity contribution in [1.82, 2.24) is 42.4 Å². The molecule has 0 aliphatic carbocycles. The minimum atomic E-state index is -0.525. The minimum absolute atomic E-state index is 0.0670. The normalized spacial score (nSPS) is 13.7. The smallest absolute Gasteiger partial charge is 0.495 e. The van der Waals surface area contributed by atoms with E-state index >= 15 is 0 Å². The summed E-state index contributed by atoms with van der Waals surface area (Å²) in [4.78, 5) is 49.3. The molecule has 97 heavy (non-hydrogen) atoms. The summed E-state index contributed by atoms with van der Waals surface area (Å²) in [5.74, 6) is 0.731. The van der Waals surface area contributed by atoms with Crippen molar-refractivity contribution in [2.75, 3.05) is 21.3 Å². The van der Waals surface area contributed by atoms with Crippen LogP contribution in [0.2, 0.25) is 0 Å². The highest BCUT2D eigenvalue weighted by atomic mass is 79.9. The minimum Gasteiger partial charge on any atom is -0.497 e. The van der Waals surface area contributed by atoms with Crippen molar-refractivity contribution in [1.29, 1.82) is 0 Å². The molecule has 0 amide bonds. The maximum Gasteiger partial charge on any atom is 0.495 e. The van der Waals surface area contributed by atoms with Gasteiger partial charge < -0.3 is 23.5 Å². The first kappa shape index (κ1) is 69.3. The third-order valence-corrected chi connectivity index (χ3v) is 17.7. The van der Waals surface area contributed by atoms with E-state index in [2.05, 4.69) is 30.9 Å². The number of ether oxygens (including phenoxy) is 3. The SMILES string of the molecule is CC1(C)OB(c2ccnc(F)c2)OC1(C)C.COc1cccc(C(C)n2ccn(-c3ccc(-c4ccnc(F)c4)cc3)c2=O)c1.COc1cccc(C(C)n2ccn(-c3ccc(-c4ccnc(F)c4)cc3)c2=O)c1.COc1cccc(C(C)n2ccn(-c3ccc(Br)cc3)c2=O)c1. The number of aromatic nitrogens is 9. The van der Waals surface area contributed by atoms with Crippen molar-refractivity contribution < 1.29 is 36.7 Å². The summed E-state index contributed by atoms with van der Waals surface area (Å²) in [5, 5.41) is 0. The third-order valence-electron chi connectivity index (χ3n) is 17.2. The van der Waals surface area contributed by atoms with Crippen LogP contribution in [-0.4, -0.2) is 82.0 Å². The van der Waals surface area contributed by atoms with Crippen molar-refractivity contribution in [3.05, 3.63) is 308 Å². The Hall–Kier alpha value is -10.5. The van der Waals surface area contributed by atoms with E-state index in [0.29, 0.717) is 5.46 Å². The number of hydrogen-bond donors (Lipinski definition) is 0. The Balaban J connectivity index is 0.000000143. The first-order valence-electron chi connectivity index (χ1n) is 31.0. The van der Waals surface area contributed by atoms with Gasteiger partial charge in [-0.3, -0.25) is 27.4 Å². The molecule has 13 rings (SSSR count). The van der Waals surface area contributed by atoms with E-state index in [-0.39, 0.29) is 35.2 Å². The number of hydrogen-bond acceptors (Lipinski definition) is 11. The van der Waals surface area contributed by atoms with Gasteiger partial charge in [-0.1, -0.05) is 76.6 Å². The topological polar surface area (TPSA) is 166 Å². The Labute approximate surface area is 568 Å². The molecule has 17 nitrogen and oxygen atoms in total. The van der Waals surface area contributed by atoms with Gasteiger partial charge in [0.15, 0.2) is 0 Å². The number of rotatable bonds is 15. The van der Waals surface area contributed by atoms with Crippen LogP contribution in [-0.2, 0) is 9.31 Å². The molecule has 12 aromatic rings. The predicted octanol–water partition coefficient (Wildman–Crippen LogP) is 14.5. The average Bonchev–Trinajstić information content (AvgIpc) is 1.66. The second kappa shape index (κ2) is 30.5. The maximum atomic E-state index is 13.3. The van der Waals surface area contributed by atoms with Crippen molar-refractivity contribution in [3.8, 4) is 56.6 Å². The zero-order valence-electron chi connectivity index (χ0n) is 55.1. The molecule has 3 atom stereocenters. The van der Waals surface area contributed by atoms with Crippen LogP contribution in [0.1, 0.15) is 83.3 Å². The van der Waals surface area contributed by atoms with Gasteiger partial charge in [0.1, 0.15) is 17.2 Å². The zero-order chi connectivity index (χ0) is 69.1. The van der Waals surface area contributed by atoms with E-state index < -0.39 is 36.2 Å². The molecule has 1 saturated heterocycles.